The van der Waals surface area contributed by atoms with E-state index in [2.05, 4.69) is 5.32 Å². The number of aliphatic hydroxyl groups excluding tert-OH is 1. The van der Waals surface area contributed by atoms with Crippen molar-refractivity contribution in [2.24, 2.45) is 0 Å². The molecule has 1 atom stereocenters. The van der Waals surface area contributed by atoms with Crippen molar-refractivity contribution in [3.8, 4) is 5.75 Å². The average Bonchev–Trinajstić information content (AvgIpc) is 2.38. The molecule has 106 valence electrons. The summed E-state index contributed by atoms with van der Waals surface area (Å²) in [7, 11) is 0. The van der Waals surface area contributed by atoms with Crippen molar-refractivity contribution in [1.29, 1.82) is 0 Å². The van der Waals surface area contributed by atoms with Gasteiger partial charge in [0.1, 0.15) is 5.75 Å². The lowest BCUT2D eigenvalue weighted by atomic mass is 10.2. The third-order valence-electron chi connectivity index (χ3n) is 2.71. The number of nitrogens with two attached hydrogens (primary N) is 1. The lowest BCUT2D eigenvalue weighted by molar-refractivity contribution is -0.122. The molecule has 0 aliphatic rings. The Morgan fingerprint density at radius 1 is 1.47 bits per heavy atom. The minimum absolute atomic E-state index is 0.0556. The zero-order valence-corrected chi connectivity index (χ0v) is 11.3. The molecule has 0 spiro atoms. The number of hydrogen-bond donors (Lipinski definition) is 3. The molecule has 1 rings (SSSR count). The molecule has 1 aromatic carbocycles. The van der Waals surface area contributed by atoms with Crippen LogP contribution in [0.2, 0.25) is 0 Å². The quantitative estimate of drug-likeness (QED) is 0.619. The van der Waals surface area contributed by atoms with Gasteiger partial charge in [-0.1, -0.05) is 12.1 Å². The number of anilines is 1. The molecule has 5 nitrogen and oxygen atoms in total. The zero-order valence-electron chi connectivity index (χ0n) is 11.3. The number of aliphatic hydroxyl groups is 1. The Kier molecular flexibility index (Phi) is 6.74. The maximum Gasteiger partial charge on any atom is 0.223 e. The number of hydrogen-bond acceptors (Lipinski definition) is 4. The highest BCUT2D eigenvalue weighted by Crippen LogP contribution is 2.19. The van der Waals surface area contributed by atoms with Crippen LogP contribution in [0.3, 0.4) is 0 Å². The predicted octanol–water partition coefficient (Wildman–Crippen LogP) is 1.31. The summed E-state index contributed by atoms with van der Waals surface area (Å²) in [6.45, 7) is 2.37. The number of para-hydroxylation sites is 2. The SMILES string of the molecule is CC(CCCO)NC(=O)CCOc1ccccc1N. The van der Waals surface area contributed by atoms with Gasteiger partial charge in [-0.15, -0.1) is 0 Å². The molecule has 4 N–H and O–H groups in total. The number of nitrogens with one attached hydrogen (secondary N) is 1. The van der Waals surface area contributed by atoms with Crippen LogP contribution in [0.1, 0.15) is 26.2 Å². The first-order chi connectivity index (χ1) is 9.13. The summed E-state index contributed by atoms with van der Waals surface area (Å²) in [5, 5.41) is 11.6. The summed E-state index contributed by atoms with van der Waals surface area (Å²) in [4.78, 5) is 11.6. The van der Waals surface area contributed by atoms with E-state index in [4.69, 9.17) is 15.6 Å². The fraction of sp³-hybridized carbons (Fsp3) is 0.500. The van der Waals surface area contributed by atoms with Gasteiger partial charge >= 0.3 is 0 Å². The Labute approximate surface area is 113 Å². The molecule has 19 heavy (non-hydrogen) atoms. The van der Waals surface area contributed by atoms with Gasteiger partial charge in [0, 0.05) is 12.6 Å². The van der Waals surface area contributed by atoms with E-state index in [9.17, 15) is 4.79 Å². The minimum Gasteiger partial charge on any atom is -0.491 e. The van der Waals surface area contributed by atoms with Gasteiger partial charge in [0.15, 0.2) is 0 Å². The fourth-order valence-corrected chi connectivity index (χ4v) is 1.68. The van der Waals surface area contributed by atoms with Gasteiger partial charge in [-0.25, -0.2) is 0 Å². The fourth-order valence-electron chi connectivity index (χ4n) is 1.68. The molecule has 0 heterocycles. The number of benzene rings is 1. The monoisotopic (exact) mass is 266 g/mol. The van der Waals surface area contributed by atoms with Crippen LogP contribution < -0.4 is 15.8 Å². The van der Waals surface area contributed by atoms with Crippen molar-refractivity contribution < 1.29 is 14.6 Å². The summed E-state index contributed by atoms with van der Waals surface area (Å²) in [5.41, 5.74) is 6.29. The summed E-state index contributed by atoms with van der Waals surface area (Å²) in [5.74, 6) is 0.545. The molecule has 0 saturated heterocycles. The van der Waals surface area contributed by atoms with Crippen LogP contribution >= 0.6 is 0 Å². The number of carbonyl (C=O) groups excluding carboxylic acids is 1. The summed E-state index contributed by atoms with van der Waals surface area (Å²) >= 11 is 0. The lowest BCUT2D eigenvalue weighted by Crippen LogP contribution is -2.33. The molecule has 1 aromatic rings. The van der Waals surface area contributed by atoms with Gasteiger partial charge in [-0.05, 0) is 31.9 Å². The van der Waals surface area contributed by atoms with E-state index >= 15 is 0 Å². The van der Waals surface area contributed by atoms with E-state index in [1.165, 1.54) is 0 Å². The highest BCUT2D eigenvalue weighted by molar-refractivity contribution is 5.76. The van der Waals surface area contributed by atoms with E-state index in [0.29, 0.717) is 24.5 Å². The van der Waals surface area contributed by atoms with Crippen LogP contribution in [0, 0.1) is 0 Å². The third-order valence-corrected chi connectivity index (χ3v) is 2.71. The van der Waals surface area contributed by atoms with Crippen molar-refractivity contribution in [1.82, 2.24) is 5.32 Å². The van der Waals surface area contributed by atoms with Crippen molar-refractivity contribution in [2.75, 3.05) is 18.9 Å². The van der Waals surface area contributed by atoms with Crippen LogP contribution in [0.5, 0.6) is 5.75 Å². The molecule has 0 aromatic heterocycles. The molecule has 0 aliphatic heterocycles. The molecule has 0 aliphatic carbocycles. The van der Waals surface area contributed by atoms with E-state index < -0.39 is 0 Å². The Hall–Kier alpha value is -1.75. The summed E-state index contributed by atoms with van der Waals surface area (Å²) in [6.07, 6.45) is 1.75. The van der Waals surface area contributed by atoms with Crippen LogP contribution in [0.15, 0.2) is 24.3 Å². The second kappa shape index (κ2) is 8.37. The molecule has 0 fully saturated rings. The average molecular weight is 266 g/mol. The maximum absolute atomic E-state index is 11.6. The molecule has 0 bridgehead atoms. The van der Waals surface area contributed by atoms with Gasteiger partial charge in [0.25, 0.3) is 0 Å². The number of nitrogen functional groups attached to an aromatic ring is 1. The van der Waals surface area contributed by atoms with Crippen molar-refractivity contribution >= 4 is 11.6 Å². The second-order valence-corrected chi connectivity index (χ2v) is 4.47. The Morgan fingerprint density at radius 2 is 2.21 bits per heavy atom. The Bertz CT molecular complexity index is 396. The summed E-state index contributed by atoms with van der Waals surface area (Å²) < 4.78 is 5.44. The Morgan fingerprint density at radius 3 is 2.89 bits per heavy atom. The third kappa shape index (κ3) is 6.10. The Balaban J connectivity index is 2.22. The molecular formula is C14H22N2O3. The standard InChI is InChI=1S/C14H22N2O3/c1-11(5-4-9-17)16-14(18)8-10-19-13-7-3-2-6-12(13)15/h2-3,6-7,11,17H,4-5,8-10,15H2,1H3,(H,16,18). The largest absolute Gasteiger partial charge is 0.491 e. The smallest absolute Gasteiger partial charge is 0.223 e. The first kappa shape index (κ1) is 15.3. The normalized spacial score (nSPS) is 11.9. The second-order valence-electron chi connectivity index (χ2n) is 4.47. The van der Waals surface area contributed by atoms with E-state index in [1.807, 2.05) is 19.1 Å². The predicted molar refractivity (Wildman–Crippen MR) is 74.9 cm³/mol. The molecule has 0 radical (unpaired) electrons. The number of rotatable bonds is 8. The van der Waals surface area contributed by atoms with Crippen molar-refractivity contribution in [3.63, 3.8) is 0 Å². The molecular weight excluding hydrogens is 244 g/mol. The first-order valence-corrected chi connectivity index (χ1v) is 6.51. The lowest BCUT2D eigenvalue weighted by Gasteiger charge is -2.13. The number of carbonyl (C=O) groups is 1. The van der Waals surface area contributed by atoms with Gasteiger partial charge in [-0.3, -0.25) is 4.79 Å². The molecule has 5 heteroatoms. The van der Waals surface area contributed by atoms with Gasteiger partial charge < -0.3 is 20.9 Å². The van der Waals surface area contributed by atoms with E-state index in [-0.39, 0.29) is 25.0 Å². The van der Waals surface area contributed by atoms with E-state index in [0.717, 1.165) is 6.42 Å². The first-order valence-electron chi connectivity index (χ1n) is 6.51. The topological polar surface area (TPSA) is 84.6 Å². The molecule has 1 unspecified atom stereocenters. The summed E-state index contributed by atoms with van der Waals surface area (Å²) in [6, 6.07) is 7.27. The maximum atomic E-state index is 11.6. The van der Waals surface area contributed by atoms with Crippen LogP contribution in [0.4, 0.5) is 5.69 Å². The molecule has 1 amide bonds. The van der Waals surface area contributed by atoms with Crippen molar-refractivity contribution in [2.45, 2.75) is 32.2 Å². The highest BCUT2D eigenvalue weighted by Gasteiger charge is 2.07. The van der Waals surface area contributed by atoms with Gasteiger partial charge in [0.2, 0.25) is 5.91 Å². The van der Waals surface area contributed by atoms with Crippen molar-refractivity contribution in [3.05, 3.63) is 24.3 Å². The number of ether oxygens (including phenoxy) is 1. The van der Waals surface area contributed by atoms with Crippen LogP contribution in [-0.2, 0) is 4.79 Å². The minimum atomic E-state index is -0.0556. The number of amides is 1. The zero-order chi connectivity index (χ0) is 14.1. The van der Waals surface area contributed by atoms with E-state index in [1.54, 1.807) is 12.1 Å². The van der Waals surface area contributed by atoms with Gasteiger partial charge in [0.05, 0.1) is 18.7 Å². The van der Waals surface area contributed by atoms with Gasteiger partial charge in [-0.2, -0.15) is 0 Å². The molecule has 0 saturated carbocycles. The highest BCUT2D eigenvalue weighted by atomic mass is 16.5. The van der Waals surface area contributed by atoms with Crippen LogP contribution in [-0.4, -0.2) is 30.3 Å². The van der Waals surface area contributed by atoms with Crippen LogP contribution in [0.25, 0.3) is 0 Å².